The highest BCUT2D eigenvalue weighted by Crippen LogP contribution is 2.29. The van der Waals surface area contributed by atoms with Gasteiger partial charge >= 0.3 is 0 Å². The van der Waals surface area contributed by atoms with E-state index in [1.807, 2.05) is 11.8 Å². The Labute approximate surface area is 84.6 Å². The molecule has 1 N–H and O–H groups in total. The molecule has 1 fully saturated rings. The second-order valence-electron chi connectivity index (χ2n) is 4.20. The zero-order valence-corrected chi connectivity index (χ0v) is 9.07. The smallest absolute Gasteiger partial charge is 0.156 e. The van der Waals surface area contributed by atoms with Crippen LogP contribution in [0.3, 0.4) is 0 Å². The molecule has 0 saturated heterocycles. The van der Waals surface area contributed by atoms with Gasteiger partial charge in [-0.15, -0.1) is 0 Å². The Morgan fingerprint density at radius 2 is 2.46 bits per heavy atom. The van der Waals surface area contributed by atoms with E-state index in [-0.39, 0.29) is 0 Å². The summed E-state index contributed by atoms with van der Waals surface area (Å²) in [5.41, 5.74) is 0. The van der Waals surface area contributed by atoms with E-state index in [9.17, 15) is 0 Å². The van der Waals surface area contributed by atoms with Crippen LogP contribution in [0.4, 0.5) is 0 Å². The van der Waals surface area contributed by atoms with Crippen LogP contribution < -0.4 is 5.32 Å². The van der Waals surface area contributed by atoms with E-state index in [4.69, 9.17) is 0 Å². The van der Waals surface area contributed by atoms with Crippen molar-refractivity contribution < 1.29 is 0 Å². The second kappa shape index (κ2) is 4.36. The van der Waals surface area contributed by atoms with Gasteiger partial charge in [-0.2, -0.15) is 0 Å². The third-order valence-electron chi connectivity index (χ3n) is 2.93. The molecule has 3 heteroatoms. The number of nitrogens with one attached hydrogen (secondary N) is 1. The van der Waals surface area contributed by atoms with E-state index in [1.54, 1.807) is 0 Å². The van der Waals surface area contributed by atoms with Crippen LogP contribution in [0.2, 0.25) is 0 Å². The summed E-state index contributed by atoms with van der Waals surface area (Å²) in [4.78, 5) is 4.38. The van der Waals surface area contributed by atoms with Gasteiger partial charge in [-0.25, -0.2) is 0 Å². The summed E-state index contributed by atoms with van der Waals surface area (Å²) in [5.74, 6) is 3.02. The molecule has 0 bridgehead atoms. The predicted octanol–water partition coefficient (Wildman–Crippen LogP) is 2.12. The highest BCUT2D eigenvalue weighted by Gasteiger charge is 2.21. The largest absolute Gasteiger partial charge is 0.365 e. The molecule has 1 aliphatic carbocycles. The summed E-state index contributed by atoms with van der Waals surface area (Å²) in [5, 5.41) is 4.64. The summed E-state index contributed by atoms with van der Waals surface area (Å²) in [6, 6.07) is 0. The van der Waals surface area contributed by atoms with E-state index in [0.717, 1.165) is 24.9 Å². The van der Waals surface area contributed by atoms with Crippen LogP contribution in [0.15, 0.2) is 4.99 Å². The number of hydrogen-bond donors (Lipinski definition) is 1. The third-order valence-corrected chi connectivity index (χ3v) is 3.86. The van der Waals surface area contributed by atoms with Crippen LogP contribution in [-0.2, 0) is 0 Å². The molecule has 1 aliphatic heterocycles. The Bertz CT molecular complexity index is 203. The molecule has 1 heterocycles. The SMILES string of the molecule is CC1CCC(CNC2=NCCS2)C1. The molecule has 1 saturated carbocycles. The molecule has 0 aromatic heterocycles. The Morgan fingerprint density at radius 1 is 1.54 bits per heavy atom. The van der Waals surface area contributed by atoms with Gasteiger partial charge in [-0.05, 0) is 24.7 Å². The Morgan fingerprint density at radius 3 is 3.08 bits per heavy atom. The predicted molar refractivity (Wildman–Crippen MR) is 59.3 cm³/mol. The van der Waals surface area contributed by atoms with Crippen molar-refractivity contribution in [3.63, 3.8) is 0 Å². The van der Waals surface area contributed by atoms with Crippen LogP contribution in [0, 0.1) is 11.8 Å². The van der Waals surface area contributed by atoms with Gasteiger partial charge in [0.2, 0.25) is 0 Å². The number of thioether (sulfide) groups is 1. The number of aliphatic imine (C=N–C) groups is 1. The lowest BCUT2D eigenvalue weighted by Crippen LogP contribution is -2.25. The van der Waals surface area contributed by atoms with E-state index < -0.39 is 0 Å². The first-order valence-electron chi connectivity index (χ1n) is 5.25. The first-order chi connectivity index (χ1) is 6.34. The quantitative estimate of drug-likeness (QED) is 0.735. The van der Waals surface area contributed by atoms with E-state index >= 15 is 0 Å². The zero-order valence-electron chi connectivity index (χ0n) is 8.25. The minimum Gasteiger partial charge on any atom is -0.365 e. The normalized spacial score (nSPS) is 33.5. The van der Waals surface area contributed by atoms with Gasteiger partial charge in [0.1, 0.15) is 0 Å². The van der Waals surface area contributed by atoms with Gasteiger partial charge in [-0.1, -0.05) is 25.1 Å². The number of amidine groups is 1. The molecule has 2 rings (SSSR count). The highest BCUT2D eigenvalue weighted by molar-refractivity contribution is 8.14. The van der Waals surface area contributed by atoms with E-state index in [2.05, 4.69) is 17.2 Å². The molecule has 74 valence electrons. The lowest BCUT2D eigenvalue weighted by molar-refractivity contribution is 0.508. The first kappa shape index (κ1) is 9.38. The van der Waals surface area contributed by atoms with Crippen LogP contribution >= 0.6 is 11.8 Å². The van der Waals surface area contributed by atoms with Crippen molar-refractivity contribution in [3.05, 3.63) is 0 Å². The summed E-state index contributed by atoms with van der Waals surface area (Å²) >= 11 is 1.87. The fraction of sp³-hybridized carbons (Fsp3) is 0.900. The fourth-order valence-corrected chi connectivity index (χ4v) is 2.93. The summed E-state index contributed by atoms with van der Waals surface area (Å²) < 4.78 is 0. The maximum atomic E-state index is 4.38. The average Bonchev–Trinajstić information content (AvgIpc) is 2.71. The highest BCUT2D eigenvalue weighted by atomic mass is 32.2. The van der Waals surface area contributed by atoms with Crippen LogP contribution in [0.1, 0.15) is 26.2 Å². The minimum atomic E-state index is 0.902. The second-order valence-corrected chi connectivity index (χ2v) is 5.28. The maximum absolute atomic E-state index is 4.38. The van der Waals surface area contributed by atoms with Crippen molar-refractivity contribution in [2.75, 3.05) is 18.8 Å². The Balaban J connectivity index is 1.67. The van der Waals surface area contributed by atoms with Gasteiger partial charge in [0.05, 0.1) is 6.54 Å². The van der Waals surface area contributed by atoms with Crippen molar-refractivity contribution >= 4 is 16.9 Å². The molecule has 0 spiro atoms. The molecular formula is C10H18N2S. The zero-order chi connectivity index (χ0) is 9.10. The molecular weight excluding hydrogens is 180 g/mol. The van der Waals surface area contributed by atoms with Crippen molar-refractivity contribution in [1.82, 2.24) is 5.32 Å². The maximum Gasteiger partial charge on any atom is 0.156 e. The average molecular weight is 198 g/mol. The molecule has 2 atom stereocenters. The number of hydrogen-bond acceptors (Lipinski definition) is 3. The van der Waals surface area contributed by atoms with Crippen molar-refractivity contribution in [3.8, 4) is 0 Å². The van der Waals surface area contributed by atoms with E-state index in [0.29, 0.717) is 0 Å². The van der Waals surface area contributed by atoms with Crippen LogP contribution in [0.5, 0.6) is 0 Å². The lowest BCUT2D eigenvalue weighted by Gasteiger charge is -2.11. The summed E-state index contributed by atoms with van der Waals surface area (Å²) in [7, 11) is 0. The number of rotatable bonds is 2. The van der Waals surface area contributed by atoms with Crippen molar-refractivity contribution in [1.29, 1.82) is 0 Å². The standard InChI is InChI=1S/C10H18N2S/c1-8-2-3-9(6-8)7-12-10-11-4-5-13-10/h8-9H,2-7H2,1H3,(H,11,12). The molecule has 0 radical (unpaired) electrons. The summed E-state index contributed by atoms with van der Waals surface area (Å²) in [6.07, 6.45) is 4.24. The molecule has 0 aromatic rings. The van der Waals surface area contributed by atoms with Gasteiger partial charge < -0.3 is 5.32 Å². The van der Waals surface area contributed by atoms with Crippen molar-refractivity contribution in [2.24, 2.45) is 16.8 Å². The van der Waals surface area contributed by atoms with Crippen LogP contribution in [0.25, 0.3) is 0 Å². The van der Waals surface area contributed by atoms with Gasteiger partial charge in [0, 0.05) is 12.3 Å². The monoisotopic (exact) mass is 198 g/mol. The minimum absolute atomic E-state index is 0.902. The number of nitrogens with zero attached hydrogens (tertiary/aromatic N) is 1. The van der Waals surface area contributed by atoms with Gasteiger partial charge in [-0.3, -0.25) is 4.99 Å². The Hall–Kier alpha value is -0.180. The molecule has 13 heavy (non-hydrogen) atoms. The van der Waals surface area contributed by atoms with E-state index in [1.165, 1.54) is 30.2 Å². The third kappa shape index (κ3) is 2.63. The molecule has 0 amide bonds. The summed E-state index contributed by atoms with van der Waals surface area (Å²) in [6.45, 7) is 4.52. The molecule has 2 nitrogen and oxygen atoms in total. The van der Waals surface area contributed by atoms with Crippen LogP contribution in [-0.4, -0.2) is 24.0 Å². The van der Waals surface area contributed by atoms with Gasteiger partial charge in [0.15, 0.2) is 5.17 Å². The topological polar surface area (TPSA) is 24.4 Å². The Kier molecular flexibility index (Phi) is 3.14. The molecule has 0 aromatic carbocycles. The van der Waals surface area contributed by atoms with Crippen molar-refractivity contribution in [2.45, 2.75) is 26.2 Å². The van der Waals surface area contributed by atoms with Gasteiger partial charge in [0.25, 0.3) is 0 Å². The molecule has 2 unspecified atom stereocenters. The molecule has 2 aliphatic rings. The first-order valence-corrected chi connectivity index (χ1v) is 6.24. The fourth-order valence-electron chi connectivity index (χ4n) is 2.18. The lowest BCUT2D eigenvalue weighted by atomic mass is 10.1.